The van der Waals surface area contributed by atoms with Crippen LogP contribution in [-0.2, 0) is 9.53 Å². The van der Waals surface area contributed by atoms with Gasteiger partial charge in [0.2, 0.25) is 0 Å². The van der Waals surface area contributed by atoms with Gasteiger partial charge in [-0.2, -0.15) is 0 Å². The number of Topliss-reactive ketones (excluding diaryl/α,β-unsaturated/α-hetero) is 1. The second kappa shape index (κ2) is 2.47. The van der Waals surface area contributed by atoms with E-state index in [1.165, 1.54) is 0 Å². The molecule has 2 nitrogen and oxygen atoms in total. The van der Waals surface area contributed by atoms with Gasteiger partial charge >= 0.3 is 0 Å². The smallest absolute Gasteiger partial charge is 0.174 e. The predicted octanol–water partition coefficient (Wildman–Crippen LogP) is 1.11. The third-order valence-corrected chi connectivity index (χ3v) is 2.85. The summed E-state index contributed by atoms with van der Waals surface area (Å²) < 4.78 is 5.30. The first-order chi connectivity index (χ1) is 5.20. The highest BCUT2D eigenvalue weighted by Gasteiger charge is 2.44. The Labute approximate surface area is 74.1 Å². The molecule has 11 heavy (non-hydrogen) atoms. The molecule has 0 amide bonds. The first-order valence-corrected chi connectivity index (χ1v) is 4.23. The lowest BCUT2D eigenvalue weighted by Crippen LogP contribution is -2.45. The van der Waals surface area contributed by atoms with Crippen molar-refractivity contribution in [3.8, 4) is 0 Å². The number of hydrogen-bond acceptors (Lipinski definition) is 2. The zero-order valence-electron chi connectivity index (χ0n) is 5.54. The van der Waals surface area contributed by atoms with Gasteiger partial charge in [0.25, 0.3) is 0 Å². The average Bonchev–Trinajstić information content (AvgIpc) is 2.44. The lowest BCUT2D eigenvalue weighted by atomic mass is 10.1. The molecule has 4 heteroatoms. The summed E-state index contributed by atoms with van der Waals surface area (Å²) in [5.41, 5.74) is 0. The van der Waals surface area contributed by atoms with E-state index in [0.717, 1.165) is 0 Å². The van der Waals surface area contributed by atoms with Gasteiger partial charge in [-0.3, -0.25) is 4.79 Å². The van der Waals surface area contributed by atoms with Crippen molar-refractivity contribution < 1.29 is 9.53 Å². The number of ketones is 1. The molecular formula is C7H6Cl2O2. The number of rotatable bonds is 0. The van der Waals surface area contributed by atoms with Crippen molar-refractivity contribution in [2.75, 3.05) is 0 Å². The van der Waals surface area contributed by atoms with Crippen molar-refractivity contribution >= 4 is 29.0 Å². The number of ether oxygens (including phenoxy) is 1. The Bertz CT molecular complexity index is 206. The molecule has 0 spiro atoms. The summed E-state index contributed by atoms with van der Waals surface area (Å²) in [6.07, 6.45) is 3.07. The van der Waals surface area contributed by atoms with Crippen molar-refractivity contribution in [2.45, 2.75) is 23.0 Å². The van der Waals surface area contributed by atoms with Crippen molar-refractivity contribution in [3.05, 3.63) is 12.2 Å². The van der Waals surface area contributed by atoms with Gasteiger partial charge in [0.15, 0.2) is 5.78 Å². The molecule has 2 aliphatic heterocycles. The lowest BCUT2D eigenvalue weighted by molar-refractivity contribution is -0.127. The summed E-state index contributed by atoms with van der Waals surface area (Å²) in [6, 6.07) is 0. The lowest BCUT2D eigenvalue weighted by Gasteiger charge is -2.27. The van der Waals surface area contributed by atoms with Gasteiger partial charge in [-0.1, -0.05) is 12.2 Å². The molecule has 0 aliphatic carbocycles. The summed E-state index contributed by atoms with van der Waals surface area (Å²) in [5.74, 6) is -0.125. The Morgan fingerprint density at radius 1 is 1.18 bits per heavy atom. The van der Waals surface area contributed by atoms with Gasteiger partial charge in [0.1, 0.15) is 23.0 Å². The first-order valence-electron chi connectivity index (χ1n) is 3.36. The molecule has 0 unspecified atom stereocenters. The van der Waals surface area contributed by atoms with Gasteiger partial charge in [-0.15, -0.1) is 23.2 Å². The zero-order chi connectivity index (χ0) is 8.01. The second-order valence-corrected chi connectivity index (χ2v) is 3.60. The van der Waals surface area contributed by atoms with Gasteiger partial charge in [0, 0.05) is 0 Å². The molecule has 0 N–H and O–H groups in total. The summed E-state index contributed by atoms with van der Waals surface area (Å²) in [4.78, 5) is 11.2. The van der Waals surface area contributed by atoms with Crippen molar-refractivity contribution in [1.82, 2.24) is 0 Å². The number of carbonyl (C=O) groups excluding carboxylic acids is 1. The van der Waals surface area contributed by atoms with Crippen LogP contribution in [0.1, 0.15) is 0 Å². The van der Waals surface area contributed by atoms with Crippen molar-refractivity contribution in [2.24, 2.45) is 0 Å². The molecule has 60 valence electrons. The van der Waals surface area contributed by atoms with Crippen LogP contribution in [0.3, 0.4) is 0 Å². The van der Waals surface area contributed by atoms with E-state index >= 15 is 0 Å². The van der Waals surface area contributed by atoms with Crippen LogP contribution in [0.4, 0.5) is 0 Å². The van der Waals surface area contributed by atoms with Crippen LogP contribution >= 0.6 is 23.2 Å². The summed E-state index contributed by atoms with van der Waals surface area (Å²) in [6.45, 7) is 0. The average molecular weight is 193 g/mol. The van der Waals surface area contributed by atoms with Crippen LogP contribution in [0.2, 0.25) is 0 Å². The van der Waals surface area contributed by atoms with E-state index in [9.17, 15) is 4.79 Å². The van der Waals surface area contributed by atoms with Crippen LogP contribution in [-0.4, -0.2) is 28.7 Å². The van der Waals surface area contributed by atoms with E-state index in [4.69, 9.17) is 27.9 Å². The fourth-order valence-corrected chi connectivity index (χ4v) is 1.92. The number of carbonyl (C=O) groups is 1. The van der Waals surface area contributed by atoms with Crippen LogP contribution < -0.4 is 0 Å². The normalized spacial score (nSPS) is 48.4. The number of halogens is 2. The maximum absolute atomic E-state index is 11.2. The highest BCUT2D eigenvalue weighted by atomic mass is 35.5. The summed E-state index contributed by atoms with van der Waals surface area (Å²) in [7, 11) is 0. The predicted molar refractivity (Wildman–Crippen MR) is 42.1 cm³/mol. The number of hydrogen-bond donors (Lipinski definition) is 0. The Hall–Kier alpha value is -0.0500. The Morgan fingerprint density at radius 2 is 1.64 bits per heavy atom. The first kappa shape index (κ1) is 7.59. The molecule has 0 radical (unpaired) electrons. The van der Waals surface area contributed by atoms with Gasteiger partial charge in [-0.05, 0) is 0 Å². The molecule has 1 fully saturated rings. The Morgan fingerprint density at radius 3 is 2.09 bits per heavy atom. The van der Waals surface area contributed by atoms with E-state index in [0.29, 0.717) is 0 Å². The standard InChI is InChI=1S/C7H6Cl2O2/c8-5-3-1-2-4(11-3)6(9)7(5)10/h1-6H/t3-,4+,5-,6+. The Balaban J connectivity index is 2.29. The van der Waals surface area contributed by atoms with E-state index in [1.54, 1.807) is 12.2 Å². The van der Waals surface area contributed by atoms with E-state index in [1.807, 2.05) is 0 Å². The molecule has 2 bridgehead atoms. The monoisotopic (exact) mass is 192 g/mol. The van der Waals surface area contributed by atoms with Crippen LogP contribution in [0, 0.1) is 0 Å². The molecule has 2 aliphatic rings. The maximum atomic E-state index is 11.2. The van der Waals surface area contributed by atoms with Crippen LogP contribution in [0.15, 0.2) is 12.2 Å². The molecule has 0 aromatic rings. The topological polar surface area (TPSA) is 26.3 Å². The fraction of sp³-hybridized carbons (Fsp3) is 0.571. The molecule has 2 rings (SSSR count). The second-order valence-electron chi connectivity index (χ2n) is 2.66. The molecule has 4 atom stereocenters. The quantitative estimate of drug-likeness (QED) is 0.425. The van der Waals surface area contributed by atoms with E-state index in [-0.39, 0.29) is 18.0 Å². The molecule has 1 saturated heterocycles. The van der Waals surface area contributed by atoms with Crippen molar-refractivity contribution in [1.29, 1.82) is 0 Å². The van der Waals surface area contributed by atoms with Gasteiger partial charge in [-0.25, -0.2) is 0 Å². The molecule has 0 saturated carbocycles. The highest BCUT2D eigenvalue weighted by Crippen LogP contribution is 2.31. The largest absolute Gasteiger partial charge is 0.363 e. The summed E-state index contributed by atoms with van der Waals surface area (Å²) in [5, 5.41) is -1.21. The third-order valence-electron chi connectivity index (χ3n) is 1.93. The van der Waals surface area contributed by atoms with Crippen LogP contribution in [0.25, 0.3) is 0 Å². The SMILES string of the molecule is O=C1[C@@H](Cl)[C@@H]2C=C[C@@H](O2)[C@H]1Cl. The van der Waals surface area contributed by atoms with E-state index in [2.05, 4.69) is 0 Å². The maximum Gasteiger partial charge on any atom is 0.174 e. The van der Waals surface area contributed by atoms with Crippen LogP contribution in [0.5, 0.6) is 0 Å². The number of alkyl halides is 2. The number of fused-ring (bicyclic) bond motifs is 2. The van der Waals surface area contributed by atoms with Crippen molar-refractivity contribution in [3.63, 3.8) is 0 Å². The minimum atomic E-state index is -0.604. The summed E-state index contributed by atoms with van der Waals surface area (Å²) >= 11 is 11.5. The minimum Gasteiger partial charge on any atom is -0.363 e. The minimum absolute atomic E-state index is 0.125. The third kappa shape index (κ3) is 1.01. The molecule has 0 aromatic carbocycles. The van der Waals surface area contributed by atoms with Gasteiger partial charge < -0.3 is 4.74 Å². The highest BCUT2D eigenvalue weighted by molar-refractivity contribution is 6.41. The van der Waals surface area contributed by atoms with Gasteiger partial charge in [0.05, 0.1) is 0 Å². The molecule has 2 heterocycles. The zero-order valence-corrected chi connectivity index (χ0v) is 7.05. The molecule has 0 aromatic heterocycles. The van der Waals surface area contributed by atoms with E-state index < -0.39 is 10.8 Å². The molecular weight excluding hydrogens is 187 g/mol. The fourth-order valence-electron chi connectivity index (χ4n) is 1.30. The Kier molecular flexibility index (Phi) is 1.71.